The first-order valence-corrected chi connectivity index (χ1v) is 21.0. The number of aromatic nitrogens is 4. The number of nitrogens with zero attached hydrogens (tertiary/aromatic N) is 4. The molecule has 14 nitrogen and oxygen atoms in total. The number of carbonyl (C=O) groups excluding carboxylic acids is 4. The van der Waals surface area contributed by atoms with Crippen molar-refractivity contribution in [3.63, 3.8) is 0 Å². The van der Waals surface area contributed by atoms with E-state index >= 15 is 0 Å². The number of fused-ring (bicyclic) bond motifs is 2. The van der Waals surface area contributed by atoms with Crippen molar-refractivity contribution in [3.8, 4) is 33.6 Å². The number of rotatable bonds is 11. The number of primary amides is 2. The molecule has 0 spiro atoms. The number of hydrogen-bond donors (Lipinski definition) is 4. The number of likely N-dealkylation sites (tertiary alicyclic amines) is 2. The zero-order chi connectivity index (χ0) is 42.8. The van der Waals surface area contributed by atoms with Gasteiger partial charge in [-0.15, -0.1) is 0 Å². The highest BCUT2D eigenvalue weighted by Crippen LogP contribution is 2.55. The summed E-state index contributed by atoms with van der Waals surface area (Å²) in [5, 5.41) is 0. The predicted molar refractivity (Wildman–Crippen MR) is 228 cm³/mol. The van der Waals surface area contributed by atoms with Crippen LogP contribution in [0.1, 0.15) is 83.9 Å². The number of H-pyrrole nitrogens is 2. The molecule has 10 rings (SSSR count). The van der Waals surface area contributed by atoms with Gasteiger partial charge >= 0.3 is 12.2 Å². The summed E-state index contributed by atoms with van der Waals surface area (Å²) in [6.45, 7) is 4.22. The van der Waals surface area contributed by atoms with E-state index in [9.17, 15) is 19.2 Å². The van der Waals surface area contributed by atoms with Gasteiger partial charge in [-0.25, -0.2) is 19.6 Å². The summed E-state index contributed by atoms with van der Waals surface area (Å²) in [6, 6.07) is 30.0. The average Bonchev–Trinajstić information content (AvgIpc) is 3.86. The van der Waals surface area contributed by atoms with Gasteiger partial charge in [-0.3, -0.25) is 9.59 Å². The Morgan fingerprint density at radius 2 is 1.02 bits per heavy atom. The fourth-order valence-corrected chi connectivity index (χ4v) is 9.87. The van der Waals surface area contributed by atoms with Crippen LogP contribution in [0.4, 0.5) is 9.59 Å². The Kier molecular flexibility index (Phi) is 9.65. The highest BCUT2D eigenvalue weighted by atomic mass is 16.6. The summed E-state index contributed by atoms with van der Waals surface area (Å²) in [7, 11) is 0. The van der Waals surface area contributed by atoms with Crippen LogP contribution in [-0.4, -0.2) is 65.8 Å². The lowest BCUT2D eigenvalue weighted by molar-refractivity contribution is -0.143. The Bertz CT molecular complexity index is 2700. The largest absolute Gasteiger partial charge is 0.431 e. The van der Waals surface area contributed by atoms with E-state index in [0.717, 1.165) is 70.5 Å². The van der Waals surface area contributed by atoms with Gasteiger partial charge in [0.25, 0.3) is 11.8 Å². The summed E-state index contributed by atoms with van der Waals surface area (Å²) >= 11 is 0. The molecule has 2 aliphatic carbocycles. The van der Waals surface area contributed by atoms with Crippen LogP contribution in [0.2, 0.25) is 0 Å². The Labute approximate surface area is 357 Å². The number of piperidine rings is 2. The van der Waals surface area contributed by atoms with Crippen molar-refractivity contribution in [1.82, 2.24) is 29.7 Å². The molecule has 4 amide bonds. The van der Waals surface area contributed by atoms with E-state index in [0.29, 0.717) is 34.6 Å². The lowest BCUT2D eigenvalue weighted by Gasteiger charge is -2.30. The van der Waals surface area contributed by atoms with Crippen molar-refractivity contribution >= 4 is 24.0 Å². The summed E-state index contributed by atoms with van der Waals surface area (Å²) in [6.07, 6.45) is 2.73. The summed E-state index contributed by atoms with van der Waals surface area (Å²) in [4.78, 5) is 72.0. The maximum Gasteiger partial charge on any atom is 0.405 e. The van der Waals surface area contributed by atoms with Crippen molar-refractivity contribution in [2.75, 3.05) is 0 Å². The Hall–Kier alpha value is -7.22. The third-order valence-corrected chi connectivity index (χ3v) is 13.2. The van der Waals surface area contributed by atoms with Crippen LogP contribution in [0.5, 0.6) is 0 Å². The number of ether oxygens (including phenoxy) is 2. The molecular formula is C48H46N8O6. The fourth-order valence-electron chi connectivity index (χ4n) is 9.87. The third-order valence-electron chi connectivity index (χ3n) is 13.2. The SMILES string of the molecule is Cc1c(-c2ccc(-c3cnc([C@@H]4C[C@H]5CC5N4C(=O)[C@H](OC(N)=O)c4ccccc4)[nH]3)cc2)ccc(-c2cnc([C@@H]3C[C@H]4CC4N3C(=O)[C@H](OC(N)=O)c3ccccc3)[nH]2)c1C. The zero-order valence-electron chi connectivity index (χ0n) is 34.2. The topological polar surface area (TPSA) is 203 Å². The van der Waals surface area contributed by atoms with Crippen LogP contribution in [-0.2, 0) is 19.1 Å². The van der Waals surface area contributed by atoms with Crippen LogP contribution in [0.15, 0.2) is 109 Å². The molecule has 2 unspecified atom stereocenters. The molecule has 4 aromatic carbocycles. The lowest BCUT2D eigenvalue weighted by Crippen LogP contribution is -2.39. The van der Waals surface area contributed by atoms with Crippen molar-refractivity contribution in [1.29, 1.82) is 0 Å². The van der Waals surface area contributed by atoms with E-state index in [2.05, 4.69) is 60.2 Å². The summed E-state index contributed by atoms with van der Waals surface area (Å²) in [5.41, 5.74) is 20.0. The number of nitrogens with one attached hydrogen (secondary N) is 2. The monoisotopic (exact) mass is 830 g/mol. The second kappa shape index (κ2) is 15.4. The first kappa shape index (κ1) is 38.9. The number of aromatic amines is 2. The standard InChI is InChI=1S/C48H46N8O6/c1-25-26(2)34(36-24-52-44(54-36)40-22-32-20-38(32)56(40)46(58)42(62-48(50)60)30-11-7-4-8-12-30)18-17-33(25)27-13-15-28(16-14-27)35-23-51-43(53-35)39-21-31-19-37(31)55(39)45(57)41(61-47(49)59)29-9-5-3-6-10-29/h3-18,23-24,31-32,37-42H,19-22H2,1-2H3,(H2,49,59)(H2,50,60)(H,51,53)(H,52,54)/t31-,32-,37?,38?,39+,40+,41-,42-/m1/s1. The molecule has 2 saturated carbocycles. The maximum atomic E-state index is 14.1. The summed E-state index contributed by atoms with van der Waals surface area (Å²) in [5.74, 6) is 1.54. The van der Waals surface area contributed by atoms with Gasteiger partial charge in [-0.05, 0) is 79.2 Å². The zero-order valence-corrected chi connectivity index (χ0v) is 34.2. The minimum atomic E-state index is -1.13. The predicted octanol–water partition coefficient (Wildman–Crippen LogP) is 7.75. The van der Waals surface area contributed by atoms with Gasteiger partial charge in [0.15, 0.2) is 0 Å². The van der Waals surface area contributed by atoms with Crippen molar-refractivity contribution in [2.24, 2.45) is 23.3 Å². The van der Waals surface area contributed by atoms with Gasteiger partial charge in [-0.2, -0.15) is 0 Å². The van der Waals surface area contributed by atoms with E-state index in [4.69, 9.17) is 30.9 Å². The molecule has 62 heavy (non-hydrogen) atoms. The molecule has 2 aliphatic heterocycles. The maximum absolute atomic E-state index is 14.1. The van der Waals surface area contributed by atoms with Gasteiger partial charge in [0.05, 0.1) is 35.9 Å². The van der Waals surface area contributed by atoms with E-state index in [-0.39, 0.29) is 36.0 Å². The van der Waals surface area contributed by atoms with E-state index < -0.39 is 24.4 Å². The number of imidazole rings is 2. The number of benzene rings is 4. The molecule has 0 radical (unpaired) electrons. The van der Waals surface area contributed by atoms with Gasteiger partial charge < -0.3 is 40.7 Å². The second-order valence-electron chi connectivity index (χ2n) is 16.9. The normalized spacial score (nSPS) is 22.9. The summed E-state index contributed by atoms with van der Waals surface area (Å²) < 4.78 is 10.8. The minimum absolute atomic E-state index is 0.0666. The number of nitrogens with two attached hydrogens (primary N) is 2. The van der Waals surface area contributed by atoms with Crippen molar-refractivity contribution in [2.45, 2.75) is 75.9 Å². The molecule has 4 fully saturated rings. The van der Waals surface area contributed by atoms with Crippen LogP contribution in [0.3, 0.4) is 0 Å². The second-order valence-corrected chi connectivity index (χ2v) is 16.9. The van der Waals surface area contributed by atoms with Crippen molar-refractivity contribution in [3.05, 3.63) is 143 Å². The van der Waals surface area contributed by atoms with E-state index in [1.54, 1.807) is 54.7 Å². The number of amides is 4. The molecule has 314 valence electrons. The van der Waals surface area contributed by atoms with Gasteiger partial charge in [0.2, 0.25) is 12.2 Å². The number of hydrogen-bond acceptors (Lipinski definition) is 8. The molecule has 6 N–H and O–H groups in total. The van der Waals surface area contributed by atoms with Gasteiger partial charge in [0.1, 0.15) is 11.6 Å². The molecule has 4 heterocycles. The minimum Gasteiger partial charge on any atom is -0.431 e. The quantitative estimate of drug-likeness (QED) is 0.101. The first-order chi connectivity index (χ1) is 30.0. The van der Waals surface area contributed by atoms with Crippen LogP contribution < -0.4 is 11.5 Å². The molecule has 4 aliphatic rings. The highest BCUT2D eigenvalue weighted by molar-refractivity contribution is 5.87. The van der Waals surface area contributed by atoms with Crippen molar-refractivity contribution < 1.29 is 28.7 Å². The molecule has 6 aromatic rings. The van der Waals surface area contributed by atoms with E-state index in [1.165, 1.54) is 0 Å². The molecule has 0 bridgehead atoms. The van der Waals surface area contributed by atoms with Gasteiger partial charge in [-0.1, -0.05) is 97.1 Å². The Morgan fingerprint density at radius 1 is 0.581 bits per heavy atom. The first-order valence-electron chi connectivity index (χ1n) is 21.0. The molecule has 2 saturated heterocycles. The smallest absolute Gasteiger partial charge is 0.405 e. The third kappa shape index (κ3) is 7.04. The average molecular weight is 831 g/mol. The van der Waals surface area contributed by atoms with Gasteiger partial charge in [0, 0.05) is 28.8 Å². The van der Waals surface area contributed by atoms with Crippen LogP contribution in [0, 0.1) is 25.7 Å². The fraction of sp³-hybridized carbons (Fsp3) is 0.292. The molecular weight excluding hydrogens is 785 g/mol. The molecule has 14 heteroatoms. The lowest BCUT2D eigenvalue weighted by atomic mass is 9.92. The molecule has 2 aromatic heterocycles. The highest BCUT2D eigenvalue weighted by Gasteiger charge is 2.57. The van der Waals surface area contributed by atoms with E-state index in [1.807, 2.05) is 28.1 Å². The van der Waals surface area contributed by atoms with Crippen LogP contribution in [0.25, 0.3) is 33.6 Å². The number of carbonyl (C=O) groups is 4. The molecule has 8 atom stereocenters. The Morgan fingerprint density at radius 3 is 1.52 bits per heavy atom. The Balaban J connectivity index is 0.849. The van der Waals surface area contributed by atoms with Crippen LogP contribution >= 0.6 is 0 Å².